The summed E-state index contributed by atoms with van der Waals surface area (Å²) in [6.45, 7) is 4.37. The van der Waals surface area contributed by atoms with Gasteiger partial charge >= 0.3 is 0 Å². The molecule has 0 spiro atoms. The predicted octanol–water partition coefficient (Wildman–Crippen LogP) is 6.82. The first kappa shape index (κ1) is 17.5. The Balaban J connectivity index is 3.02. The molecule has 0 N–H and O–H groups in total. The van der Waals surface area contributed by atoms with Gasteiger partial charge in [0.15, 0.2) is 0 Å². The summed E-state index contributed by atoms with van der Waals surface area (Å²) in [4.78, 5) is 0. The van der Waals surface area contributed by atoms with E-state index < -0.39 is 0 Å². The first-order chi connectivity index (χ1) is 8.91. The fourth-order valence-corrected chi connectivity index (χ4v) is 2.15. The second kappa shape index (κ2) is 16.5. The number of rotatable bonds is 13. The van der Waals surface area contributed by atoms with Crippen molar-refractivity contribution in [2.45, 2.75) is 90.9 Å². The molecule has 0 aliphatic carbocycles. The molecule has 0 aromatic heterocycles. The Morgan fingerprint density at radius 3 is 1.50 bits per heavy atom. The molecule has 0 aliphatic rings. The lowest BCUT2D eigenvalue weighted by Crippen LogP contribution is -1.79. The van der Waals surface area contributed by atoms with Gasteiger partial charge in [0.05, 0.1) is 0 Å². The molecular weight excluding hydrogens is 216 g/mol. The monoisotopic (exact) mass is 250 g/mol. The lowest BCUT2D eigenvalue weighted by Gasteiger charge is -1.99. The van der Waals surface area contributed by atoms with Crippen LogP contribution in [0.3, 0.4) is 0 Å². The van der Waals surface area contributed by atoms with E-state index in [0.717, 1.165) is 0 Å². The van der Waals surface area contributed by atoms with Crippen LogP contribution in [0.5, 0.6) is 0 Å². The molecule has 0 aliphatic heterocycles. The maximum Gasteiger partial charge on any atom is -0.0351 e. The van der Waals surface area contributed by atoms with Crippen molar-refractivity contribution in [1.29, 1.82) is 0 Å². The summed E-state index contributed by atoms with van der Waals surface area (Å²) >= 11 is 0. The molecule has 0 amide bonds. The maximum atomic E-state index is 2.39. The van der Waals surface area contributed by atoms with Crippen molar-refractivity contribution in [2.24, 2.45) is 0 Å². The summed E-state index contributed by atoms with van der Waals surface area (Å²) in [5, 5.41) is 0. The summed E-state index contributed by atoms with van der Waals surface area (Å²) in [7, 11) is 0. The molecule has 0 aromatic carbocycles. The van der Waals surface area contributed by atoms with E-state index in [4.69, 9.17) is 0 Å². The van der Waals surface area contributed by atoms with E-state index >= 15 is 0 Å². The van der Waals surface area contributed by atoms with Crippen molar-refractivity contribution in [3.8, 4) is 0 Å². The minimum absolute atomic E-state index is 1.27. The number of hydrogen-bond donors (Lipinski definition) is 0. The van der Waals surface area contributed by atoms with Gasteiger partial charge in [0.1, 0.15) is 0 Å². The van der Waals surface area contributed by atoms with Crippen LogP contribution in [0.2, 0.25) is 0 Å². The third-order valence-electron chi connectivity index (χ3n) is 3.37. The van der Waals surface area contributed by atoms with Gasteiger partial charge in [0, 0.05) is 0 Å². The third-order valence-corrected chi connectivity index (χ3v) is 3.37. The maximum absolute atomic E-state index is 2.39. The highest BCUT2D eigenvalue weighted by atomic mass is 14.0. The quantitative estimate of drug-likeness (QED) is 0.248. The van der Waals surface area contributed by atoms with E-state index in [0.29, 0.717) is 0 Å². The molecule has 0 nitrogen and oxygen atoms in total. The van der Waals surface area contributed by atoms with Crippen LogP contribution in [0, 0.1) is 0 Å². The Morgan fingerprint density at radius 2 is 1.00 bits per heavy atom. The Morgan fingerprint density at radius 1 is 0.556 bits per heavy atom. The van der Waals surface area contributed by atoms with Crippen LogP contribution in [0.4, 0.5) is 0 Å². The second-order valence-corrected chi connectivity index (χ2v) is 5.23. The lowest BCUT2D eigenvalue weighted by molar-refractivity contribution is 0.599. The molecule has 0 radical (unpaired) electrons. The summed E-state index contributed by atoms with van der Waals surface area (Å²) in [5.41, 5.74) is 0. The van der Waals surface area contributed by atoms with Crippen LogP contribution in [0.15, 0.2) is 24.3 Å². The Bertz CT molecular complexity index is 188. The van der Waals surface area contributed by atoms with Gasteiger partial charge in [-0.05, 0) is 45.4 Å². The summed E-state index contributed by atoms with van der Waals surface area (Å²) < 4.78 is 0. The van der Waals surface area contributed by atoms with Crippen molar-refractivity contribution in [1.82, 2.24) is 0 Å². The third kappa shape index (κ3) is 15.5. The molecule has 0 aromatic rings. The van der Waals surface area contributed by atoms with Crippen LogP contribution in [0.1, 0.15) is 90.9 Å². The minimum Gasteiger partial charge on any atom is -0.0917 e. The molecule has 0 saturated heterocycles. The standard InChI is InChI=1S/C18H34/c1-3-5-7-9-11-13-15-17-18-16-14-12-10-8-6-4-2/h3,5,12,14H,4,6-11,13,15-18H2,1-2H3. The van der Waals surface area contributed by atoms with Crippen molar-refractivity contribution < 1.29 is 0 Å². The van der Waals surface area contributed by atoms with Gasteiger partial charge < -0.3 is 0 Å². The topological polar surface area (TPSA) is 0 Å². The highest BCUT2D eigenvalue weighted by molar-refractivity contribution is 4.81. The van der Waals surface area contributed by atoms with E-state index in [2.05, 4.69) is 38.2 Å². The van der Waals surface area contributed by atoms with E-state index in [-0.39, 0.29) is 0 Å². The molecular formula is C18H34. The molecule has 0 saturated carbocycles. The molecule has 0 heterocycles. The SMILES string of the molecule is CC=CCCCCCCCCC=CCCCCC. The highest BCUT2D eigenvalue weighted by Gasteiger charge is 1.89. The average molecular weight is 250 g/mol. The van der Waals surface area contributed by atoms with Gasteiger partial charge in [0.2, 0.25) is 0 Å². The molecule has 0 unspecified atom stereocenters. The van der Waals surface area contributed by atoms with E-state index in [1.165, 1.54) is 77.0 Å². The smallest absolute Gasteiger partial charge is 0.0351 e. The van der Waals surface area contributed by atoms with Crippen molar-refractivity contribution in [3.63, 3.8) is 0 Å². The molecule has 0 bridgehead atoms. The largest absolute Gasteiger partial charge is 0.0917 e. The highest BCUT2D eigenvalue weighted by Crippen LogP contribution is 2.09. The Hall–Kier alpha value is -0.520. The first-order valence-electron chi connectivity index (χ1n) is 8.18. The first-order valence-corrected chi connectivity index (χ1v) is 8.18. The van der Waals surface area contributed by atoms with Crippen LogP contribution in [-0.4, -0.2) is 0 Å². The van der Waals surface area contributed by atoms with Crippen LogP contribution in [0.25, 0.3) is 0 Å². The molecule has 0 heteroatoms. The van der Waals surface area contributed by atoms with Gasteiger partial charge in [-0.3, -0.25) is 0 Å². The molecule has 106 valence electrons. The predicted molar refractivity (Wildman–Crippen MR) is 85.0 cm³/mol. The van der Waals surface area contributed by atoms with Gasteiger partial charge in [-0.2, -0.15) is 0 Å². The minimum atomic E-state index is 1.27. The zero-order chi connectivity index (χ0) is 13.3. The molecule has 0 rings (SSSR count). The second-order valence-electron chi connectivity index (χ2n) is 5.23. The van der Waals surface area contributed by atoms with Crippen LogP contribution in [-0.2, 0) is 0 Å². The van der Waals surface area contributed by atoms with E-state index in [9.17, 15) is 0 Å². The van der Waals surface area contributed by atoms with Gasteiger partial charge in [-0.1, -0.05) is 69.8 Å². The van der Waals surface area contributed by atoms with Crippen molar-refractivity contribution in [2.75, 3.05) is 0 Å². The lowest BCUT2D eigenvalue weighted by atomic mass is 10.1. The van der Waals surface area contributed by atoms with Gasteiger partial charge in [0.25, 0.3) is 0 Å². The van der Waals surface area contributed by atoms with Crippen molar-refractivity contribution in [3.05, 3.63) is 24.3 Å². The molecule has 18 heavy (non-hydrogen) atoms. The number of unbranched alkanes of at least 4 members (excludes halogenated alkanes) is 10. The van der Waals surface area contributed by atoms with Crippen molar-refractivity contribution >= 4 is 0 Å². The fraction of sp³-hybridized carbons (Fsp3) is 0.778. The zero-order valence-corrected chi connectivity index (χ0v) is 12.8. The van der Waals surface area contributed by atoms with Crippen LogP contribution < -0.4 is 0 Å². The van der Waals surface area contributed by atoms with Crippen LogP contribution >= 0.6 is 0 Å². The summed E-state index contributed by atoms with van der Waals surface area (Å²) in [6.07, 6.45) is 25.6. The van der Waals surface area contributed by atoms with E-state index in [1.807, 2.05) is 0 Å². The number of hydrogen-bond acceptors (Lipinski definition) is 0. The number of allylic oxidation sites excluding steroid dienone is 4. The van der Waals surface area contributed by atoms with Gasteiger partial charge in [-0.25, -0.2) is 0 Å². The Kier molecular flexibility index (Phi) is 16.0. The Labute approximate surface area is 116 Å². The molecule has 0 fully saturated rings. The normalized spacial score (nSPS) is 11.9. The zero-order valence-electron chi connectivity index (χ0n) is 12.8. The van der Waals surface area contributed by atoms with Gasteiger partial charge in [-0.15, -0.1) is 0 Å². The fourth-order valence-electron chi connectivity index (χ4n) is 2.15. The average Bonchev–Trinajstić information content (AvgIpc) is 2.39. The molecule has 0 atom stereocenters. The summed E-state index contributed by atoms with van der Waals surface area (Å²) in [5.74, 6) is 0. The summed E-state index contributed by atoms with van der Waals surface area (Å²) in [6, 6.07) is 0. The van der Waals surface area contributed by atoms with E-state index in [1.54, 1.807) is 0 Å².